The molecule has 3 N–H and O–H groups in total. The van der Waals surface area contributed by atoms with Crippen molar-refractivity contribution in [2.75, 3.05) is 6.61 Å². The minimum absolute atomic E-state index is 0.0685. The van der Waals surface area contributed by atoms with Crippen LogP contribution in [0.25, 0.3) is 0 Å². The Morgan fingerprint density at radius 1 is 0.938 bits per heavy atom. The molecule has 0 radical (unpaired) electrons. The summed E-state index contributed by atoms with van der Waals surface area (Å²) in [6.45, 7) is 0.356. The molecule has 0 atom stereocenters. The van der Waals surface area contributed by atoms with Gasteiger partial charge in [-0.3, -0.25) is 14.4 Å². The van der Waals surface area contributed by atoms with E-state index in [0.717, 1.165) is 31.2 Å². The number of carbonyl (C=O) groups is 3. The molecule has 0 saturated heterocycles. The molecule has 8 heteroatoms. The monoisotopic (exact) mass is 436 g/mol. The number of nitrogens with one attached hydrogen (secondary N) is 3. The molecule has 0 aliphatic heterocycles. The van der Waals surface area contributed by atoms with Crippen LogP contribution < -0.4 is 20.8 Å². The van der Waals surface area contributed by atoms with E-state index >= 15 is 0 Å². The van der Waals surface area contributed by atoms with Crippen LogP contribution in [-0.4, -0.2) is 36.6 Å². The molecule has 1 aliphatic carbocycles. The van der Waals surface area contributed by atoms with Crippen LogP contribution >= 0.6 is 0 Å². The maximum atomic E-state index is 11.9. The van der Waals surface area contributed by atoms with Gasteiger partial charge < -0.3 is 15.4 Å². The summed E-state index contributed by atoms with van der Waals surface area (Å²) in [5.74, 6) is -1.13. The highest BCUT2D eigenvalue weighted by Gasteiger charge is 2.19. The summed E-state index contributed by atoms with van der Waals surface area (Å²) in [6.07, 6.45) is 6.57. The average Bonchev–Trinajstić information content (AvgIpc) is 2.83. The molecule has 3 rings (SSSR count). The van der Waals surface area contributed by atoms with E-state index in [1.165, 1.54) is 12.6 Å². The van der Waals surface area contributed by atoms with Crippen LogP contribution in [0.3, 0.4) is 0 Å². The normalized spacial score (nSPS) is 14.0. The Morgan fingerprint density at radius 3 is 2.38 bits per heavy atom. The lowest BCUT2D eigenvalue weighted by molar-refractivity contribution is -0.139. The summed E-state index contributed by atoms with van der Waals surface area (Å²) < 4.78 is 5.48. The van der Waals surface area contributed by atoms with Gasteiger partial charge in [0, 0.05) is 12.6 Å². The SMILES string of the molecule is O=C(COc1ccc(/C=N\NC(=O)C(=O)NC2CCCCC2)cc1)NCc1ccccc1. The van der Waals surface area contributed by atoms with Crippen LogP contribution in [-0.2, 0) is 20.9 Å². The smallest absolute Gasteiger partial charge is 0.329 e. The predicted molar refractivity (Wildman–Crippen MR) is 121 cm³/mol. The number of hydrogen-bond acceptors (Lipinski definition) is 5. The second-order valence-electron chi connectivity index (χ2n) is 7.63. The molecule has 0 heterocycles. The van der Waals surface area contributed by atoms with Crippen molar-refractivity contribution in [3.8, 4) is 5.75 Å². The molecular weight excluding hydrogens is 408 g/mol. The third kappa shape index (κ3) is 7.86. The zero-order valence-corrected chi connectivity index (χ0v) is 17.9. The Morgan fingerprint density at radius 2 is 1.66 bits per heavy atom. The number of amides is 3. The van der Waals surface area contributed by atoms with Gasteiger partial charge >= 0.3 is 11.8 Å². The third-order valence-electron chi connectivity index (χ3n) is 5.11. The highest BCUT2D eigenvalue weighted by molar-refractivity contribution is 6.35. The second-order valence-corrected chi connectivity index (χ2v) is 7.63. The second kappa shape index (κ2) is 12.2. The van der Waals surface area contributed by atoms with Crippen molar-refractivity contribution in [1.82, 2.24) is 16.1 Å². The van der Waals surface area contributed by atoms with Crippen LogP contribution in [0.4, 0.5) is 0 Å². The fourth-order valence-electron chi connectivity index (χ4n) is 3.36. The first kappa shape index (κ1) is 23.0. The molecule has 1 aliphatic rings. The van der Waals surface area contributed by atoms with Gasteiger partial charge in [0.1, 0.15) is 5.75 Å². The Bertz CT molecular complexity index is 923. The molecule has 8 nitrogen and oxygen atoms in total. The summed E-state index contributed by atoms with van der Waals surface area (Å²) in [5, 5.41) is 9.36. The van der Waals surface area contributed by atoms with E-state index in [4.69, 9.17) is 4.74 Å². The van der Waals surface area contributed by atoms with Crippen LogP contribution in [0.15, 0.2) is 59.7 Å². The largest absolute Gasteiger partial charge is 0.484 e. The summed E-state index contributed by atoms with van der Waals surface area (Å²) in [7, 11) is 0. The number of hydrazone groups is 1. The molecule has 1 fully saturated rings. The highest BCUT2D eigenvalue weighted by atomic mass is 16.5. The van der Waals surface area contributed by atoms with Gasteiger partial charge in [-0.25, -0.2) is 5.43 Å². The summed E-state index contributed by atoms with van der Waals surface area (Å²) in [5.41, 5.74) is 3.96. The van der Waals surface area contributed by atoms with E-state index < -0.39 is 11.8 Å². The first-order chi connectivity index (χ1) is 15.6. The minimum Gasteiger partial charge on any atom is -0.484 e. The van der Waals surface area contributed by atoms with E-state index in [1.54, 1.807) is 24.3 Å². The van der Waals surface area contributed by atoms with Crippen molar-refractivity contribution in [2.45, 2.75) is 44.7 Å². The van der Waals surface area contributed by atoms with Gasteiger partial charge in [0.25, 0.3) is 5.91 Å². The molecule has 32 heavy (non-hydrogen) atoms. The quantitative estimate of drug-likeness (QED) is 0.335. The third-order valence-corrected chi connectivity index (χ3v) is 5.11. The van der Waals surface area contributed by atoms with Crippen molar-refractivity contribution in [3.05, 3.63) is 65.7 Å². The molecular formula is C24H28N4O4. The fourth-order valence-corrected chi connectivity index (χ4v) is 3.36. The Labute approximate surface area is 187 Å². The molecule has 2 aromatic carbocycles. The van der Waals surface area contributed by atoms with Gasteiger partial charge in [-0.1, -0.05) is 49.6 Å². The van der Waals surface area contributed by atoms with Crippen LogP contribution in [0.2, 0.25) is 0 Å². The van der Waals surface area contributed by atoms with Gasteiger partial charge in [0.05, 0.1) is 6.21 Å². The first-order valence-electron chi connectivity index (χ1n) is 10.8. The van der Waals surface area contributed by atoms with Crippen LogP contribution in [0.1, 0.15) is 43.2 Å². The van der Waals surface area contributed by atoms with Crippen molar-refractivity contribution < 1.29 is 19.1 Å². The first-order valence-corrected chi connectivity index (χ1v) is 10.8. The topological polar surface area (TPSA) is 109 Å². The Kier molecular flexibility index (Phi) is 8.80. The van der Waals surface area contributed by atoms with Gasteiger partial charge in [-0.2, -0.15) is 5.10 Å². The van der Waals surface area contributed by atoms with E-state index in [1.807, 2.05) is 30.3 Å². The van der Waals surface area contributed by atoms with Crippen molar-refractivity contribution in [3.63, 3.8) is 0 Å². The van der Waals surface area contributed by atoms with Crippen molar-refractivity contribution >= 4 is 23.9 Å². The highest BCUT2D eigenvalue weighted by Crippen LogP contribution is 2.17. The Balaban J connectivity index is 1.36. The minimum atomic E-state index is -0.784. The number of carbonyl (C=O) groups excluding carboxylic acids is 3. The zero-order valence-electron chi connectivity index (χ0n) is 17.9. The zero-order chi connectivity index (χ0) is 22.6. The summed E-state index contributed by atoms with van der Waals surface area (Å²) >= 11 is 0. The fraction of sp³-hybridized carbons (Fsp3) is 0.333. The van der Waals surface area contributed by atoms with Crippen LogP contribution in [0, 0.1) is 0 Å². The summed E-state index contributed by atoms with van der Waals surface area (Å²) in [4.78, 5) is 35.7. The molecule has 2 aromatic rings. The average molecular weight is 437 g/mol. The van der Waals surface area contributed by atoms with Crippen molar-refractivity contribution in [1.29, 1.82) is 0 Å². The van der Waals surface area contributed by atoms with E-state index in [2.05, 4.69) is 21.2 Å². The number of benzene rings is 2. The maximum absolute atomic E-state index is 11.9. The van der Waals surface area contributed by atoms with E-state index in [-0.39, 0.29) is 18.6 Å². The molecule has 0 unspecified atom stereocenters. The lowest BCUT2D eigenvalue weighted by atomic mass is 9.95. The molecule has 0 aromatic heterocycles. The molecule has 3 amide bonds. The lowest BCUT2D eigenvalue weighted by Crippen LogP contribution is -2.44. The number of ether oxygens (including phenoxy) is 1. The van der Waals surface area contributed by atoms with Crippen LogP contribution in [0.5, 0.6) is 5.75 Å². The molecule has 168 valence electrons. The van der Waals surface area contributed by atoms with E-state index in [0.29, 0.717) is 17.9 Å². The molecule has 0 spiro atoms. The summed E-state index contributed by atoms with van der Waals surface area (Å²) in [6, 6.07) is 16.6. The molecule has 1 saturated carbocycles. The van der Waals surface area contributed by atoms with Gasteiger partial charge in [-0.05, 0) is 48.2 Å². The van der Waals surface area contributed by atoms with Crippen molar-refractivity contribution in [2.24, 2.45) is 5.10 Å². The lowest BCUT2D eigenvalue weighted by Gasteiger charge is -2.22. The maximum Gasteiger partial charge on any atom is 0.329 e. The Hall–Kier alpha value is -3.68. The van der Waals surface area contributed by atoms with Gasteiger partial charge in [0.15, 0.2) is 6.61 Å². The standard InChI is InChI=1S/C24H28N4O4/c29-22(25-15-18-7-3-1-4-8-18)17-32-21-13-11-19(12-14-21)16-26-28-24(31)23(30)27-20-9-5-2-6-10-20/h1,3-4,7-8,11-14,16,20H,2,5-6,9-10,15,17H2,(H,25,29)(H,27,30)(H,28,31)/b26-16-. The molecule has 0 bridgehead atoms. The number of hydrogen-bond donors (Lipinski definition) is 3. The van der Waals surface area contributed by atoms with E-state index in [9.17, 15) is 14.4 Å². The van der Waals surface area contributed by atoms with Gasteiger partial charge in [-0.15, -0.1) is 0 Å². The van der Waals surface area contributed by atoms with Gasteiger partial charge in [0.2, 0.25) is 0 Å². The number of nitrogens with zero attached hydrogens (tertiary/aromatic N) is 1. The number of rotatable bonds is 8. The predicted octanol–water partition coefficient (Wildman–Crippen LogP) is 2.28.